The Kier molecular flexibility index (Phi) is 5.57. The molecule has 3 nitrogen and oxygen atoms in total. The highest BCUT2D eigenvalue weighted by molar-refractivity contribution is 9.10. The molecule has 5 heteroatoms. The Morgan fingerprint density at radius 1 is 1.45 bits per heavy atom. The third-order valence-corrected chi connectivity index (χ3v) is 4.95. The highest BCUT2D eigenvalue weighted by Crippen LogP contribution is 2.25. The van der Waals surface area contributed by atoms with Gasteiger partial charge in [0, 0.05) is 27.7 Å². The van der Waals surface area contributed by atoms with Gasteiger partial charge in [0.2, 0.25) is 0 Å². The molecular weight excluding hydrogens is 336 g/mol. The zero-order chi connectivity index (χ0) is 14.5. The number of rotatable bonds is 6. The van der Waals surface area contributed by atoms with E-state index in [2.05, 4.69) is 46.1 Å². The predicted octanol–water partition coefficient (Wildman–Crippen LogP) is 4.33. The molecule has 0 aliphatic rings. The molecule has 0 bridgehead atoms. The van der Waals surface area contributed by atoms with Crippen molar-refractivity contribution < 1.29 is 4.74 Å². The first-order valence-corrected chi connectivity index (χ1v) is 8.25. The number of thiazole rings is 1. The maximum absolute atomic E-state index is 5.39. The van der Waals surface area contributed by atoms with Gasteiger partial charge >= 0.3 is 0 Å². The lowest BCUT2D eigenvalue weighted by atomic mass is 10.2. The summed E-state index contributed by atoms with van der Waals surface area (Å²) in [5.41, 5.74) is 1.14. The lowest BCUT2D eigenvalue weighted by Crippen LogP contribution is -2.18. The van der Waals surface area contributed by atoms with Crippen LogP contribution >= 0.6 is 27.3 Å². The fourth-order valence-electron chi connectivity index (χ4n) is 1.92. The van der Waals surface area contributed by atoms with Gasteiger partial charge in [0.25, 0.3) is 0 Å². The van der Waals surface area contributed by atoms with Gasteiger partial charge in [-0.05, 0) is 31.5 Å². The molecule has 0 spiro atoms. The minimum absolute atomic E-state index is 0.240. The second-order valence-corrected chi connectivity index (χ2v) is 6.64. The third kappa shape index (κ3) is 3.81. The van der Waals surface area contributed by atoms with Crippen LogP contribution in [0.15, 0.2) is 28.9 Å². The predicted molar refractivity (Wildman–Crippen MR) is 87.4 cm³/mol. The van der Waals surface area contributed by atoms with Gasteiger partial charge in [0.1, 0.15) is 10.8 Å². The average Bonchev–Trinajstić information content (AvgIpc) is 2.94. The topological polar surface area (TPSA) is 34.2 Å². The number of halogens is 1. The maximum atomic E-state index is 5.39. The number of hydrogen-bond donors (Lipinski definition) is 1. The zero-order valence-corrected chi connectivity index (χ0v) is 14.3. The van der Waals surface area contributed by atoms with E-state index in [1.54, 1.807) is 18.4 Å². The molecule has 0 fully saturated rings. The second kappa shape index (κ2) is 7.20. The average molecular weight is 355 g/mol. The van der Waals surface area contributed by atoms with Crippen molar-refractivity contribution in [2.75, 3.05) is 7.11 Å². The standard InChI is InChI=1S/C15H19BrN2OS/c1-4-13-9-18-15(20-13)10(2)17-8-11-7-12(16)5-6-14(11)19-3/h5-7,9-10,17H,4,8H2,1-3H3. The molecule has 2 aromatic rings. The van der Waals surface area contributed by atoms with Crippen molar-refractivity contribution in [3.8, 4) is 5.75 Å². The lowest BCUT2D eigenvalue weighted by Gasteiger charge is -2.14. The quantitative estimate of drug-likeness (QED) is 0.838. The van der Waals surface area contributed by atoms with Crippen molar-refractivity contribution in [3.05, 3.63) is 44.3 Å². The van der Waals surface area contributed by atoms with E-state index >= 15 is 0 Å². The Hall–Kier alpha value is -0.910. The monoisotopic (exact) mass is 354 g/mol. The van der Waals surface area contributed by atoms with Gasteiger partial charge in [0.05, 0.1) is 13.2 Å². The van der Waals surface area contributed by atoms with Gasteiger partial charge in [-0.15, -0.1) is 11.3 Å². The number of ether oxygens (including phenoxy) is 1. The summed E-state index contributed by atoms with van der Waals surface area (Å²) in [5.74, 6) is 0.904. The number of hydrogen-bond acceptors (Lipinski definition) is 4. The van der Waals surface area contributed by atoms with Crippen molar-refractivity contribution in [2.24, 2.45) is 0 Å². The minimum atomic E-state index is 0.240. The highest BCUT2D eigenvalue weighted by atomic mass is 79.9. The Labute approximate surface area is 132 Å². The molecule has 1 heterocycles. The Bertz CT molecular complexity index is 571. The third-order valence-electron chi connectivity index (χ3n) is 3.13. The van der Waals surface area contributed by atoms with Crippen molar-refractivity contribution in [1.29, 1.82) is 0 Å². The summed E-state index contributed by atoms with van der Waals surface area (Å²) in [7, 11) is 1.70. The van der Waals surface area contributed by atoms with E-state index in [1.165, 1.54) is 4.88 Å². The SMILES string of the molecule is CCc1cnc(C(C)NCc2cc(Br)ccc2OC)s1. The summed E-state index contributed by atoms with van der Waals surface area (Å²) < 4.78 is 6.45. The molecule has 1 unspecified atom stereocenters. The number of benzene rings is 1. The number of aromatic nitrogens is 1. The zero-order valence-electron chi connectivity index (χ0n) is 11.9. The summed E-state index contributed by atoms with van der Waals surface area (Å²) in [6.07, 6.45) is 3.02. The van der Waals surface area contributed by atoms with E-state index in [9.17, 15) is 0 Å². The van der Waals surface area contributed by atoms with Gasteiger partial charge < -0.3 is 10.1 Å². The molecule has 0 aliphatic heterocycles. The fourth-order valence-corrected chi connectivity index (χ4v) is 3.21. The largest absolute Gasteiger partial charge is 0.496 e. The molecule has 2 rings (SSSR count). The first kappa shape index (κ1) is 15.5. The van der Waals surface area contributed by atoms with E-state index in [1.807, 2.05) is 18.3 Å². The maximum Gasteiger partial charge on any atom is 0.123 e. The van der Waals surface area contributed by atoms with E-state index in [0.717, 1.165) is 33.8 Å². The molecule has 0 amide bonds. The van der Waals surface area contributed by atoms with E-state index in [0.29, 0.717) is 0 Å². The van der Waals surface area contributed by atoms with Crippen molar-refractivity contribution in [1.82, 2.24) is 10.3 Å². The Morgan fingerprint density at radius 3 is 2.90 bits per heavy atom. The minimum Gasteiger partial charge on any atom is -0.496 e. The van der Waals surface area contributed by atoms with E-state index < -0.39 is 0 Å². The molecular formula is C15H19BrN2OS. The molecule has 1 atom stereocenters. The first-order chi connectivity index (χ1) is 9.63. The summed E-state index contributed by atoms with van der Waals surface area (Å²) in [6, 6.07) is 6.28. The molecule has 0 saturated heterocycles. The molecule has 0 radical (unpaired) electrons. The van der Waals surface area contributed by atoms with Crippen LogP contribution in [0.4, 0.5) is 0 Å². The smallest absolute Gasteiger partial charge is 0.123 e. The van der Waals surface area contributed by atoms with Gasteiger partial charge in [-0.1, -0.05) is 22.9 Å². The molecule has 1 aromatic carbocycles. The van der Waals surface area contributed by atoms with E-state index in [4.69, 9.17) is 4.74 Å². The van der Waals surface area contributed by atoms with Crippen LogP contribution in [0.3, 0.4) is 0 Å². The van der Waals surface area contributed by atoms with Crippen LogP contribution in [0.5, 0.6) is 5.75 Å². The van der Waals surface area contributed by atoms with Crippen molar-refractivity contribution in [3.63, 3.8) is 0 Å². The molecule has 1 aromatic heterocycles. The van der Waals surface area contributed by atoms with Crippen LogP contribution in [0.25, 0.3) is 0 Å². The highest BCUT2D eigenvalue weighted by Gasteiger charge is 2.11. The van der Waals surface area contributed by atoms with Crippen LogP contribution in [-0.4, -0.2) is 12.1 Å². The van der Waals surface area contributed by atoms with Crippen LogP contribution < -0.4 is 10.1 Å². The molecule has 1 N–H and O–H groups in total. The normalized spacial score (nSPS) is 12.4. The summed E-state index contributed by atoms with van der Waals surface area (Å²) >= 11 is 5.27. The van der Waals surface area contributed by atoms with Crippen molar-refractivity contribution in [2.45, 2.75) is 32.9 Å². The molecule has 0 aliphatic carbocycles. The van der Waals surface area contributed by atoms with Gasteiger partial charge in [0.15, 0.2) is 0 Å². The van der Waals surface area contributed by atoms with E-state index in [-0.39, 0.29) is 6.04 Å². The number of aryl methyl sites for hydroxylation is 1. The van der Waals surface area contributed by atoms with Gasteiger partial charge in [-0.3, -0.25) is 0 Å². The summed E-state index contributed by atoms with van der Waals surface area (Å²) in [4.78, 5) is 5.80. The van der Waals surface area contributed by atoms with Crippen LogP contribution in [0.1, 0.15) is 35.3 Å². The van der Waals surface area contributed by atoms with Crippen molar-refractivity contribution >= 4 is 27.3 Å². The Balaban J connectivity index is 2.02. The number of methoxy groups -OCH3 is 1. The second-order valence-electron chi connectivity index (χ2n) is 4.58. The summed E-state index contributed by atoms with van der Waals surface area (Å²) in [5, 5.41) is 4.64. The fraction of sp³-hybridized carbons (Fsp3) is 0.400. The first-order valence-electron chi connectivity index (χ1n) is 6.64. The molecule has 20 heavy (non-hydrogen) atoms. The molecule has 108 valence electrons. The summed E-state index contributed by atoms with van der Waals surface area (Å²) in [6.45, 7) is 5.05. The van der Waals surface area contributed by atoms with Gasteiger partial charge in [-0.25, -0.2) is 4.98 Å². The Morgan fingerprint density at radius 2 is 2.25 bits per heavy atom. The van der Waals surface area contributed by atoms with Crippen LogP contribution in [-0.2, 0) is 13.0 Å². The van der Waals surface area contributed by atoms with Crippen LogP contribution in [0.2, 0.25) is 0 Å². The molecule has 0 saturated carbocycles. The lowest BCUT2D eigenvalue weighted by molar-refractivity contribution is 0.406. The van der Waals surface area contributed by atoms with Gasteiger partial charge in [-0.2, -0.15) is 0 Å². The number of nitrogens with one attached hydrogen (secondary N) is 1. The van der Waals surface area contributed by atoms with Crippen LogP contribution in [0, 0.1) is 0 Å². The number of nitrogens with zero attached hydrogens (tertiary/aromatic N) is 1.